The van der Waals surface area contributed by atoms with Gasteiger partial charge < -0.3 is 23.7 Å². The summed E-state index contributed by atoms with van der Waals surface area (Å²) >= 11 is 0. The Hall–Kier alpha value is -3.74. The van der Waals surface area contributed by atoms with E-state index in [0.29, 0.717) is 36.2 Å². The number of carbonyl (C=O) groups is 2. The highest BCUT2D eigenvalue weighted by Crippen LogP contribution is 2.38. The molecule has 0 aliphatic heterocycles. The van der Waals surface area contributed by atoms with Crippen LogP contribution in [0, 0.1) is 0 Å². The molecule has 0 fully saturated rings. The van der Waals surface area contributed by atoms with Gasteiger partial charge in [-0.25, -0.2) is 9.59 Å². The minimum absolute atomic E-state index is 0.376. The van der Waals surface area contributed by atoms with Crippen molar-refractivity contribution in [3.63, 3.8) is 0 Å². The third-order valence-electron chi connectivity index (χ3n) is 6.90. The molecule has 0 saturated heterocycles. The van der Waals surface area contributed by atoms with Crippen LogP contribution in [0.15, 0.2) is 48.6 Å². The highest BCUT2D eigenvalue weighted by atomic mass is 16.5. The fourth-order valence-electron chi connectivity index (χ4n) is 4.41. The Morgan fingerprint density at radius 1 is 0.558 bits per heavy atom. The van der Waals surface area contributed by atoms with Gasteiger partial charge in [-0.3, -0.25) is 0 Å². The van der Waals surface area contributed by atoms with Gasteiger partial charge in [0, 0.05) is 12.2 Å². The number of unbranched alkanes of at least 4 members (excludes halogenated alkanes) is 10. The Morgan fingerprint density at radius 3 is 1.35 bits per heavy atom. The second-order valence-electron chi connectivity index (χ2n) is 10.5. The van der Waals surface area contributed by atoms with Crippen molar-refractivity contribution < 1.29 is 33.3 Å². The number of carbonyl (C=O) groups excluding carboxylic acids is 2. The van der Waals surface area contributed by atoms with Gasteiger partial charge in [0.05, 0.1) is 27.4 Å². The van der Waals surface area contributed by atoms with E-state index in [4.69, 9.17) is 23.7 Å². The molecule has 0 aromatic heterocycles. The van der Waals surface area contributed by atoms with Gasteiger partial charge in [-0.2, -0.15) is 0 Å². The fraction of sp³-hybridized carbons (Fsp3) is 0.500. The number of benzene rings is 2. The lowest BCUT2D eigenvalue weighted by molar-refractivity contribution is -0.138. The van der Waals surface area contributed by atoms with E-state index < -0.39 is 0 Å². The van der Waals surface area contributed by atoms with Crippen LogP contribution in [-0.2, 0) is 19.1 Å². The summed E-state index contributed by atoms with van der Waals surface area (Å²) in [6.07, 6.45) is 19.8. The van der Waals surface area contributed by atoms with Gasteiger partial charge in [0.2, 0.25) is 0 Å². The van der Waals surface area contributed by atoms with Gasteiger partial charge in [0.25, 0.3) is 0 Å². The molecular formula is C36H50O7. The van der Waals surface area contributed by atoms with Crippen LogP contribution in [0.25, 0.3) is 12.2 Å². The summed E-state index contributed by atoms with van der Waals surface area (Å²) in [6.45, 7) is 5.23. The number of ether oxygens (including phenoxy) is 5. The van der Waals surface area contributed by atoms with Gasteiger partial charge in [-0.1, -0.05) is 90.2 Å². The normalized spacial score (nSPS) is 11.2. The molecule has 43 heavy (non-hydrogen) atoms. The van der Waals surface area contributed by atoms with Crippen molar-refractivity contribution in [3.05, 3.63) is 59.7 Å². The predicted molar refractivity (Wildman–Crippen MR) is 173 cm³/mol. The van der Waals surface area contributed by atoms with Crippen LogP contribution < -0.4 is 14.2 Å². The first-order valence-corrected chi connectivity index (χ1v) is 15.7. The van der Waals surface area contributed by atoms with E-state index in [1.165, 1.54) is 63.5 Å². The fourth-order valence-corrected chi connectivity index (χ4v) is 4.41. The highest BCUT2D eigenvalue weighted by Gasteiger charge is 2.12. The monoisotopic (exact) mass is 594 g/mol. The number of rotatable bonds is 22. The van der Waals surface area contributed by atoms with Crippen molar-refractivity contribution in [1.82, 2.24) is 0 Å². The first-order valence-electron chi connectivity index (χ1n) is 15.7. The standard InChI is InChI=1S/C36H50O7/c1-5-7-9-11-13-15-25-41-35(37)23-19-29-17-21-31(39-3)33(27-29)43-34-28-30(18-22-32(34)40-4)20-24-36(38)42-26-16-14-12-10-8-6-2/h17-24,27-28H,5-16,25-26H2,1-4H3/b23-19-,24-20-. The molecule has 0 N–H and O–H groups in total. The molecule has 7 heteroatoms. The third-order valence-corrected chi connectivity index (χ3v) is 6.90. The summed E-state index contributed by atoms with van der Waals surface area (Å²) < 4.78 is 27.9. The molecule has 2 aromatic rings. The van der Waals surface area contributed by atoms with E-state index >= 15 is 0 Å². The molecule has 0 aliphatic rings. The zero-order chi connectivity index (χ0) is 31.1. The van der Waals surface area contributed by atoms with E-state index in [0.717, 1.165) is 36.8 Å². The second kappa shape index (κ2) is 21.9. The average Bonchev–Trinajstić information content (AvgIpc) is 3.02. The zero-order valence-electron chi connectivity index (χ0n) is 26.5. The molecule has 0 bridgehead atoms. The van der Waals surface area contributed by atoms with Crippen LogP contribution in [0.2, 0.25) is 0 Å². The summed E-state index contributed by atoms with van der Waals surface area (Å²) in [7, 11) is 3.12. The summed E-state index contributed by atoms with van der Waals surface area (Å²) in [5.74, 6) is 1.18. The van der Waals surface area contributed by atoms with Crippen molar-refractivity contribution in [2.75, 3.05) is 27.4 Å². The predicted octanol–water partition coefficient (Wildman–Crippen LogP) is 9.33. The van der Waals surface area contributed by atoms with Gasteiger partial charge in [0.1, 0.15) is 0 Å². The maximum Gasteiger partial charge on any atom is 0.330 e. The van der Waals surface area contributed by atoms with E-state index in [1.807, 2.05) is 12.1 Å². The van der Waals surface area contributed by atoms with E-state index in [1.54, 1.807) is 50.6 Å². The van der Waals surface area contributed by atoms with Crippen molar-refractivity contribution in [1.29, 1.82) is 0 Å². The van der Waals surface area contributed by atoms with E-state index in [2.05, 4.69) is 13.8 Å². The molecule has 0 heterocycles. The lowest BCUT2D eigenvalue weighted by atomic mass is 10.1. The van der Waals surface area contributed by atoms with E-state index in [9.17, 15) is 9.59 Å². The molecular weight excluding hydrogens is 544 g/mol. The molecule has 0 amide bonds. The molecule has 0 atom stereocenters. The summed E-state index contributed by atoms with van der Waals surface area (Å²) in [5, 5.41) is 0. The van der Waals surface area contributed by atoms with Crippen LogP contribution in [0.5, 0.6) is 23.0 Å². The number of esters is 2. The van der Waals surface area contributed by atoms with Crippen molar-refractivity contribution in [2.24, 2.45) is 0 Å². The first kappa shape index (κ1) is 35.5. The highest BCUT2D eigenvalue weighted by molar-refractivity contribution is 5.87. The average molecular weight is 595 g/mol. The second-order valence-corrected chi connectivity index (χ2v) is 10.5. The van der Waals surface area contributed by atoms with Crippen LogP contribution in [0.4, 0.5) is 0 Å². The minimum atomic E-state index is -0.376. The lowest BCUT2D eigenvalue weighted by Crippen LogP contribution is -2.02. The quantitative estimate of drug-likeness (QED) is 0.0763. The van der Waals surface area contributed by atoms with Crippen LogP contribution in [-0.4, -0.2) is 39.4 Å². The smallest absolute Gasteiger partial charge is 0.330 e. The van der Waals surface area contributed by atoms with Gasteiger partial charge in [-0.05, 0) is 60.4 Å². The van der Waals surface area contributed by atoms with Crippen LogP contribution in [0.1, 0.15) is 102 Å². The maximum atomic E-state index is 12.2. The Balaban J connectivity index is 1.98. The molecule has 0 radical (unpaired) electrons. The van der Waals surface area contributed by atoms with Gasteiger partial charge in [0.15, 0.2) is 23.0 Å². The molecule has 2 aromatic carbocycles. The molecule has 2 rings (SSSR count). The lowest BCUT2D eigenvalue weighted by Gasteiger charge is -2.14. The van der Waals surface area contributed by atoms with Gasteiger partial charge >= 0.3 is 11.9 Å². The molecule has 0 spiro atoms. The van der Waals surface area contributed by atoms with Crippen molar-refractivity contribution in [3.8, 4) is 23.0 Å². The number of hydrogen-bond acceptors (Lipinski definition) is 7. The summed E-state index contributed by atoms with van der Waals surface area (Å²) in [6, 6.07) is 10.8. The largest absolute Gasteiger partial charge is 0.493 e. The first-order chi connectivity index (χ1) is 21.0. The molecule has 0 saturated carbocycles. The van der Waals surface area contributed by atoms with Gasteiger partial charge in [-0.15, -0.1) is 0 Å². The van der Waals surface area contributed by atoms with E-state index in [-0.39, 0.29) is 11.9 Å². The van der Waals surface area contributed by atoms with Crippen LogP contribution in [0.3, 0.4) is 0 Å². The van der Waals surface area contributed by atoms with Crippen molar-refractivity contribution >= 4 is 24.1 Å². The Kier molecular flexibility index (Phi) is 18.0. The SMILES string of the molecule is CCCCCCCCOC(=O)/C=C\c1ccc(OC)c(Oc2cc(/C=C\C(=O)OCCCCCCCC)ccc2OC)c1. The maximum absolute atomic E-state index is 12.2. The summed E-state index contributed by atoms with van der Waals surface area (Å²) in [4.78, 5) is 24.4. The third kappa shape index (κ3) is 14.8. The molecule has 7 nitrogen and oxygen atoms in total. The zero-order valence-corrected chi connectivity index (χ0v) is 26.5. The minimum Gasteiger partial charge on any atom is -0.493 e. The number of hydrogen-bond donors (Lipinski definition) is 0. The Morgan fingerprint density at radius 2 is 0.953 bits per heavy atom. The Bertz CT molecular complexity index is 1060. The number of methoxy groups -OCH3 is 2. The topological polar surface area (TPSA) is 80.3 Å². The van der Waals surface area contributed by atoms with Crippen molar-refractivity contribution in [2.45, 2.75) is 90.9 Å². The molecule has 0 unspecified atom stereocenters. The Labute approximate surface area is 258 Å². The molecule has 236 valence electrons. The molecule has 0 aliphatic carbocycles. The van der Waals surface area contributed by atoms with Crippen LogP contribution >= 0.6 is 0 Å². The summed E-state index contributed by atoms with van der Waals surface area (Å²) in [5.41, 5.74) is 1.49.